The van der Waals surface area contributed by atoms with Crippen LogP contribution in [-0.2, 0) is 6.42 Å². The smallest absolute Gasteiger partial charge is 0.265 e. The molecule has 0 fully saturated rings. The number of nitrogens with zero attached hydrogens (tertiary/aromatic N) is 3. The van der Waals surface area contributed by atoms with Crippen molar-refractivity contribution >= 4 is 10.9 Å². The molecule has 0 amide bonds. The minimum atomic E-state index is -0.0489. The van der Waals surface area contributed by atoms with Gasteiger partial charge in [0.05, 0.1) is 36.9 Å². The van der Waals surface area contributed by atoms with Crippen LogP contribution in [0.5, 0.6) is 11.5 Å². The van der Waals surface area contributed by atoms with Crippen molar-refractivity contribution in [2.75, 3.05) is 27.8 Å². The molecule has 0 saturated carbocycles. The number of methoxy groups -OCH3 is 2. The van der Waals surface area contributed by atoms with Crippen LogP contribution in [0.3, 0.4) is 0 Å². The fourth-order valence-electron chi connectivity index (χ4n) is 5.09. The van der Waals surface area contributed by atoms with E-state index in [0.717, 1.165) is 41.3 Å². The standard InChI is InChI=1S/C28H29N3O3/c1-17-8-6-7-9-24(17)31-18(2)29-23-14-20(10-11-21(23)28(31)32)27-22-16-26(34-5)25(33-4)15-19(22)12-13-30(27)3/h6-11,14-16,27H,12-13H2,1-5H3. The number of fused-ring (bicyclic) bond motifs is 2. The molecule has 3 aromatic carbocycles. The molecule has 1 aliphatic heterocycles. The van der Waals surface area contributed by atoms with Crippen LogP contribution in [0.4, 0.5) is 0 Å². The molecule has 1 aliphatic rings. The van der Waals surface area contributed by atoms with Gasteiger partial charge in [-0.3, -0.25) is 14.3 Å². The maximum Gasteiger partial charge on any atom is 0.265 e. The number of ether oxygens (including phenoxy) is 2. The lowest BCUT2D eigenvalue weighted by atomic mass is 9.87. The summed E-state index contributed by atoms with van der Waals surface area (Å²) in [5.74, 6) is 2.14. The zero-order valence-corrected chi connectivity index (χ0v) is 20.3. The summed E-state index contributed by atoms with van der Waals surface area (Å²) < 4.78 is 12.8. The van der Waals surface area contributed by atoms with E-state index in [1.807, 2.05) is 44.2 Å². The summed E-state index contributed by atoms with van der Waals surface area (Å²) in [6.07, 6.45) is 0.939. The molecular formula is C28H29N3O3. The Labute approximate surface area is 199 Å². The van der Waals surface area contributed by atoms with Crippen molar-refractivity contribution in [2.24, 2.45) is 0 Å². The molecule has 0 bridgehead atoms. The lowest BCUT2D eigenvalue weighted by Gasteiger charge is -2.35. The molecule has 0 saturated heterocycles. The summed E-state index contributed by atoms with van der Waals surface area (Å²) in [4.78, 5) is 20.7. The maximum atomic E-state index is 13.5. The van der Waals surface area contributed by atoms with Gasteiger partial charge in [0.15, 0.2) is 11.5 Å². The van der Waals surface area contributed by atoms with Crippen LogP contribution in [0.1, 0.15) is 34.1 Å². The summed E-state index contributed by atoms with van der Waals surface area (Å²) in [6.45, 7) is 4.82. The minimum Gasteiger partial charge on any atom is -0.493 e. The van der Waals surface area contributed by atoms with E-state index in [1.165, 1.54) is 11.1 Å². The van der Waals surface area contributed by atoms with Crippen molar-refractivity contribution in [1.29, 1.82) is 0 Å². The quantitative estimate of drug-likeness (QED) is 0.450. The molecule has 0 radical (unpaired) electrons. The van der Waals surface area contributed by atoms with Crippen molar-refractivity contribution in [3.05, 3.63) is 93.0 Å². The Hall–Kier alpha value is -3.64. The van der Waals surface area contributed by atoms with Crippen molar-refractivity contribution in [3.8, 4) is 17.2 Å². The zero-order valence-electron chi connectivity index (χ0n) is 20.3. The normalized spacial score (nSPS) is 15.9. The number of likely N-dealkylation sites (N-methyl/N-ethyl adjacent to an activating group) is 1. The lowest BCUT2D eigenvalue weighted by molar-refractivity contribution is 0.262. The topological polar surface area (TPSA) is 56.6 Å². The molecule has 6 heteroatoms. The molecule has 1 unspecified atom stereocenters. The van der Waals surface area contributed by atoms with Crippen molar-refractivity contribution in [2.45, 2.75) is 26.3 Å². The van der Waals surface area contributed by atoms with E-state index in [9.17, 15) is 4.79 Å². The van der Waals surface area contributed by atoms with E-state index < -0.39 is 0 Å². The number of benzene rings is 3. The second-order valence-electron chi connectivity index (χ2n) is 8.90. The highest BCUT2D eigenvalue weighted by Crippen LogP contribution is 2.40. The summed E-state index contributed by atoms with van der Waals surface area (Å²) in [5.41, 5.74) is 6.11. The van der Waals surface area contributed by atoms with Gasteiger partial charge in [-0.05, 0) is 79.9 Å². The van der Waals surface area contributed by atoms with Gasteiger partial charge in [0.2, 0.25) is 0 Å². The third-order valence-electron chi connectivity index (χ3n) is 6.85. The van der Waals surface area contributed by atoms with Crippen LogP contribution in [0.15, 0.2) is 59.4 Å². The highest BCUT2D eigenvalue weighted by atomic mass is 16.5. The molecule has 0 N–H and O–H groups in total. The molecule has 4 aromatic rings. The minimum absolute atomic E-state index is 0.0360. The largest absolute Gasteiger partial charge is 0.493 e. The second kappa shape index (κ2) is 8.61. The first kappa shape index (κ1) is 22.2. The van der Waals surface area contributed by atoms with Crippen molar-refractivity contribution in [3.63, 3.8) is 0 Å². The van der Waals surface area contributed by atoms with Crippen LogP contribution in [-0.4, -0.2) is 42.3 Å². The predicted octanol–water partition coefficient (Wildman–Crippen LogP) is 4.60. The molecule has 1 aromatic heterocycles. The first-order chi connectivity index (χ1) is 16.4. The number of hydrogen-bond acceptors (Lipinski definition) is 5. The molecular weight excluding hydrogens is 426 g/mol. The molecule has 34 heavy (non-hydrogen) atoms. The second-order valence-corrected chi connectivity index (χ2v) is 8.90. The van der Waals surface area contributed by atoms with Crippen LogP contribution >= 0.6 is 0 Å². The van der Waals surface area contributed by atoms with Gasteiger partial charge < -0.3 is 9.47 Å². The SMILES string of the molecule is COc1cc2c(cc1OC)C(c1ccc3c(=O)n(-c4ccccc4C)c(C)nc3c1)N(C)CC2. The van der Waals surface area contributed by atoms with Crippen LogP contribution in [0, 0.1) is 13.8 Å². The summed E-state index contributed by atoms with van der Waals surface area (Å²) in [6, 6.07) is 18.1. The Bertz CT molecular complexity index is 1460. The molecule has 2 heterocycles. The highest BCUT2D eigenvalue weighted by molar-refractivity contribution is 5.79. The van der Waals surface area contributed by atoms with Gasteiger partial charge in [-0.25, -0.2) is 4.98 Å². The average molecular weight is 456 g/mol. The fraction of sp³-hybridized carbons (Fsp3) is 0.286. The van der Waals surface area contributed by atoms with E-state index in [0.29, 0.717) is 16.7 Å². The van der Waals surface area contributed by atoms with E-state index in [1.54, 1.807) is 18.8 Å². The van der Waals surface area contributed by atoms with E-state index in [4.69, 9.17) is 14.5 Å². The van der Waals surface area contributed by atoms with Gasteiger partial charge in [-0.15, -0.1) is 0 Å². The third kappa shape index (κ3) is 3.55. The van der Waals surface area contributed by atoms with Gasteiger partial charge in [0, 0.05) is 6.54 Å². The molecule has 1 atom stereocenters. The average Bonchev–Trinajstić information content (AvgIpc) is 2.84. The predicted molar refractivity (Wildman–Crippen MR) is 135 cm³/mol. The maximum absolute atomic E-state index is 13.5. The van der Waals surface area contributed by atoms with E-state index >= 15 is 0 Å². The molecule has 0 spiro atoms. The van der Waals surface area contributed by atoms with Crippen molar-refractivity contribution in [1.82, 2.24) is 14.5 Å². The Kier molecular flexibility index (Phi) is 5.62. The number of rotatable bonds is 4. The monoisotopic (exact) mass is 455 g/mol. The Balaban J connectivity index is 1.66. The van der Waals surface area contributed by atoms with E-state index in [-0.39, 0.29) is 11.6 Å². The van der Waals surface area contributed by atoms with E-state index in [2.05, 4.69) is 36.2 Å². The Morgan fingerprint density at radius 3 is 2.44 bits per heavy atom. The van der Waals surface area contributed by atoms with Gasteiger partial charge in [0.1, 0.15) is 5.82 Å². The number of aryl methyl sites for hydroxylation is 2. The summed E-state index contributed by atoms with van der Waals surface area (Å²) in [5, 5.41) is 0.614. The molecule has 6 nitrogen and oxygen atoms in total. The highest BCUT2D eigenvalue weighted by Gasteiger charge is 2.28. The van der Waals surface area contributed by atoms with Gasteiger partial charge in [-0.1, -0.05) is 24.3 Å². The van der Waals surface area contributed by atoms with Crippen LogP contribution in [0.25, 0.3) is 16.6 Å². The Morgan fingerprint density at radius 1 is 0.971 bits per heavy atom. The van der Waals surface area contributed by atoms with Crippen molar-refractivity contribution < 1.29 is 9.47 Å². The number of hydrogen-bond donors (Lipinski definition) is 0. The first-order valence-electron chi connectivity index (χ1n) is 11.5. The zero-order chi connectivity index (χ0) is 24.0. The van der Waals surface area contributed by atoms with Gasteiger partial charge >= 0.3 is 0 Å². The number of aromatic nitrogens is 2. The van der Waals surface area contributed by atoms with Gasteiger partial charge in [0.25, 0.3) is 5.56 Å². The molecule has 5 rings (SSSR count). The third-order valence-corrected chi connectivity index (χ3v) is 6.85. The fourth-order valence-corrected chi connectivity index (χ4v) is 5.09. The molecule has 174 valence electrons. The molecule has 0 aliphatic carbocycles. The lowest BCUT2D eigenvalue weighted by Crippen LogP contribution is -2.33. The van der Waals surface area contributed by atoms with Crippen LogP contribution < -0.4 is 15.0 Å². The summed E-state index contributed by atoms with van der Waals surface area (Å²) in [7, 11) is 5.45. The first-order valence-corrected chi connectivity index (χ1v) is 11.5. The Morgan fingerprint density at radius 2 is 1.71 bits per heavy atom. The van der Waals surface area contributed by atoms with Crippen LogP contribution in [0.2, 0.25) is 0 Å². The van der Waals surface area contributed by atoms with Gasteiger partial charge in [-0.2, -0.15) is 0 Å². The summed E-state index contributed by atoms with van der Waals surface area (Å²) >= 11 is 0. The number of para-hydroxylation sites is 1.